The first kappa shape index (κ1) is 13.4. The molecule has 1 aromatic heterocycles. The van der Waals surface area contributed by atoms with Gasteiger partial charge >= 0.3 is 0 Å². The number of fused-ring (bicyclic) bond motifs is 1. The molecule has 1 unspecified atom stereocenters. The van der Waals surface area contributed by atoms with Gasteiger partial charge in [-0.3, -0.25) is 4.68 Å². The van der Waals surface area contributed by atoms with Crippen LogP contribution in [0.4, 0.5) is 0 Å². The predicted molar refractivity (Wildman–Crippen MR) is 81.5 cm³/mol. The van der Waals surface area contributed by atoms with Crippen molar-refractivity contribution in [1.82, 2.24) is 15.1 Å². The molecule has 1 atom stereocenters. The minimum Gasteiger partial charge on any atom is -0.304 e. The van der Waals surface area contributed by atoms with Crippen molar-refractivity contribution in [2.24, 2.45) is 7.05 Å². The number of hydrogen-bond acceptors (Lipinski definition) is 2. The van der Waals surface area contributed by atoms with E-state index in [1.165, 1.54) is 41.8 Å². The first-order valence-corrected chi connectivity index (χ1v) is 7.61. The molecule has 0 amide bonds. The van der Waals surface area contributed by atoms with Crippen molar-refractivity contribution in [2.45, 2.75) is 45.2 Å². The van der Waals surface area contributed by atoms with E-state index in [2.05, 4.69) is 47.7 Å². The molecular weight excluding hydrogens is 246 g/mol. The van der Waals surface area contributed by atoms with Crippen LogP contribution in [0, 0.1) is 0 Å². The Labute approximate surface area is 121 Å². The van der Waals surface area contributed by atoms with Gasteiger partial charge in [0, 0.05) is 19.6 Å². The van der Waals surface area contributed by atoms with E-state index < -0.39 is 0 Å². The quantitative estimate of drug-likeness (QED) is 0.924. The molecule has 0 radical (unpaired) electrons. The highest BCUT2D eigenvalue weighted by molar-refractivity contribution is 5.32. The third kappa shape index (κ3) is 2.63. The maximum atomic E-state index is 4.51. The van der Waals surface area contributed by atoms with E-state index in [-0.39, 0.29) is 0 Å². The molecule has 0 bridgehead atoms. The van der Waals surface area contributed by atoms with Crippen LogP contribution in [0.25, 0.3) is 0 Å². The lowest BCUT2D eigenvalue weighted by molar-refractivity contribution is 0.450. The average molecular weight is 269 g/mol. The van der Waals surface area contributed by atoms with Crippen molar-refractivity contribution in [3.05, 3.63) is 52.8 Å². The SMILES string of the molecule is CCc1cc(CNC2CCCc3ccccc32)n(C)n1. The topological polar surface area (TPSA) is 29.9 Å². The molecule has 1 N–H and O–H groups in total. The van der Waals surface area contributed by atoms with Gasteiger partial charge in [-0.25, -0.2) is 0 Å². The summed E-state index contributed by atoms with van der Waals surface area (Å²) < 4.78 is 2.00. The Morgan fingerprint density at radius 3 is 3.00 bits per heavy atom. The third-order valence-electron chi connectivity index (χ3n) is 4.29. The molecular formula is C17H23N3. The Kier molecular flexibility index (Phi) is 3.88. The largest absolute Gasteiger partial charge is 0.304 e. The summed E-state index contributed by atoms with van der Waals surface area (Å²) in [6.45, 7) is 3.04. The highest BCUT2D eigenvalue weighted by Gasteiger charge is 2.19. The van der Waals surface area contributed by atoms with Gasteiger partial charge in [0.1, 0.15) is 0 Å². The lowest BCUT2D eigenvalue weighted by Gasteiger charge is -2.26. The Balaban J connectivity index is 1.71. The molecule has 0 fully saturated rings. The number of benzene rings is 1. The van der Waals surface area contributed by atoms with Crippen LogP contribution < -0.4 is 5.32 Å². The van der Waals surface area contributed by atoms with E-state index in [4.69, 9.17) is 0 Å². The van der Waals surface area contributed by atoms with Crippen LogP contribution in [0.15, 0.2) is 30.3 Å². The molecule has 3 heteroatoms. The summed E-state index contributed by atoms with van der Waals surface area (Å²) in [5.41, 5.74) is 5.44. The van der Waals surface area contributed by atoms with Crippen LogP contribution in [0.3, 0.4) is 0 Å². The summed E-state index contributed by atoms with van der Waals surface area (Å²) in [5, 5.41) is 8.23. The molecule has 2 aromatic rings. The summed E-state index contributed by atoms with van der Waals surface area (Å²) >= 11 is 0. The number of aryl methyl sites for hydroxylation is 3. The van der Waals surface area contributed by atoms with Gasteiger partial charge in [-0.2, -0.15) is 5.10 Å². The number of nitrogens with one attached hydrogen (secondary N) is 1. The Bertz CT molecular complexity index is 586. The van der Waals surface area contributed by atoms with Crippen molar-refractivity contribution >= 4 is 0 Å². The van der Waals surface area contributed by atoms with Crippen LogP contribution in [-0.2, 0) is 26.4 Å². The number of nitrogens with zero attached hydrogens (tertiary/aromatic N) is 2. The minimum absolute atomic E-state index is 0.486. The zero-order valence-corrected chi connectivity index (χ0v) is 12.4. The second-order valence-electron chi connectivity index (χ2n) is 5.63. The Morgan fingerprint density at radius 1 is 1.35 bits per heavy atom. The molecule has 106 valence electrons. The predicted octanol–water partition coefficient (Wildman–Crippen LogP) is 3.15. The second kappa shape index (κ2) is 5.80. The number of rotatable bonds is 4. The van der Waals surface area contributed by atoms with Gasteiger partial charge < -0.3 is 5.32 Å². The van der Waals surface area contributed by atoms with E-state index in [1.807, 2.05) is 11.7 Å². The molecule has 20 heavy (non-hydrogen) atoms. The van der Waals surface area contributed by atoms with E-state index >= 15 is 0 Å². The zero-order valence-electron chi connectivity index (χ0n) is 12.4. The van der Waals surface area contributed by atoms with Gasteiger partial charge in [0.15, 0.2) is 0 Å². The fraction of sp³-hybridized carbons (Fsp3) is 0.471. The van der Waals surface area contributed by atoms with E-state index in [9.17, 15) is 0 Å². The van der Waals surface area contributed by atoms with E-state index in [1.54, 1.807) is 0 Å². The highest BCUT2D eigenvalue weighted by atomic mass is 15.3. The molecule has 0 saturated carbocycles. The van der Waals surface area contributed by atoms with Crippen molar-refractivity contribution in [2.75, 3.05) is 0 Å². The van der Waals surface area contributed by atoms with Crippen LogP contribution in [0.5, 0.6) is 0 Å². The minimum atomic E-state index is 0.486. The average Bonchev–Trinajstić information content (AvgIpc) is 2.85. The van der Waals surface area contributed by atoms with Gasteiger partial charge in [0.25, 0.3) is 0 Å². The van der Waals surface area contributed by atoms with Crippen molar-refractivity contribution < 1.29 is 0 Å². The van der Waals surface area contributed by atoms with E-state index in [0.717, 1.165) is 13.0 Å². The van der Waals surface area contributed by atoms with Crippen LogP contribution in [0.2, 0.25) is 0 Å². The Hall–Kier alpha value is -1.61. The molecule has 0 saturated heterocycles. The van der Waals surface area contributed by atoms with Crippen LogP contribution in [-0.4, -0.2) is 9.78 Å². The lowest BCUT2D eigenvalue weighted by Crippen LogP contribution is -2.25. The van der Waals surface area contributed by atoms with Gasteiger partial charge in [-0.1, -0.05) is 31.2 Å². The molecule has 1 heterocycles. The summed E-state index contributed by atoms with van der Waals surface area (Å²) in [7, 11) is 2.03. The lowest BCUT2D eigenvalue weighted by atomic mass is 9.88. The van der Waals surface area contributed by atoms with Gasteiger partial charge in [-0.15, -0.1) is 0 Å². The maximum absolute atomic E-state index is 4.51. The normalized spacial score (nSPS) is 18.0. The molecule has 0 spiro atoms. The van der Waals surface area contributed by atoms with Gasteiger partial charge in [-0.05, 0) is 42.9 Å². The summed E-state index contributed by atoms with van der Waals surface area (Å²) in [6.07, 6.45) is 4.73. The molecule has 1 aromatic carbocycles. The Morgan fingerprint density at radius 2 is 2.20 bits per heavy atom. The van der Waals surface area contributed by atoms with Crippen LogP contribution >= 0.6 is 0 Å². The molecule has 1 aliphatic carbocycles. The van der Waals surface area contributed by atoms with Crippen molar-refractivity contribution in [3.63, 3.8) is 0 Å². The standard InChI is InChI=1S/C17H23N3/c1-3-14-11-15(20(2)19-14)12-18-17-10-6-8-13-7-4-5-9-16(13)17/h4-5,7,9,11,17-18H,3,6,8,10,12H2,1-2H3. The highest BCUT2D eigenvalue weighted by Crippen LogP contribution is 2.29. The molecule has 0 aliphatic heterocycles. The summed E-state index contributed by atoms with van der Waals surface area (Å²) in [6, 6.07) is 11.5. The first-order valence-electron chi connectivity index (χ1n) is 7.61. The fourth-order valence-corrected chi connectivity index (χ4v) is 3.10. The number of aromatic nitrogens is 2. The summed E-state index contributed by atoms with van der Waals surface area (Å²) in [5.74, 6) is 0. The summed E-state index contributed by atoms with van der Waals surface area (Å²) in [4.78, 5) is 0. The van der Waals surface area contributed by atoms with Gasteiger partial charge in [0.2, 0.25) is 0 Å². The van der Waals surface area contributed by atoms with E-state index in [0.29, 0.717) is 6.04 Å². The van der Waals surface area contributed by atoms with Crippen molar-refractivity contribution in [3.8, 4) is 0 Å². The molecule has 3 nitrogen and oxygen atoms in total. The second-order valence-corrected chi connectivity index (χ2v) is 5.63. The monoisotopic (exact) mass is 269 g/mol. The zero-order chi connectivity index (χ0) is 13.9. The third-order valence-corrected chi connectivity index (χ3v) is 4.29. The smallest absolute Gasteiger partial charge is 0.0625 e. The van der Waals surface area contributed by atoms with Crippen LogP contribution in [0.1, 0.15) is 48.3 Å². The number of hydrogen-bond donors (Lipinski definition) is 1. The molecule has 3 rings (SSSR count). The van der Waals surface area contributed by atoms with Gasteiger partial charge in [0.05, 0.1) is 11.4 Å². The maximum Gasteiger partial charge on any atom is 0.0625 e. The van der Waals surface area contributed by atoms with Crippen molar-refractivity contribution in [1.29, 1.82) is 0 Å². The fourth-order valence-electron chi connectivity index (χ4n) is 3.10. The molecule has 1 aliphatic rings. The first-order chi connectivity index (χ1) is 9.78.